The molecule has 1 saturated heterocycles. The van der Waals surface area contributed by atoms with Crippen molar-refractivity contribution in [2.45, 2.75) is 31.1 Å². The Kier molecular flexibility index (Phi) is 6.11. The van der Waals surface area contributed by atoms with Gasteiger partial charge in [0.05, 0.1) is 6.42 Å². The molecule has 3 rings (SSSR count). The number of halogens is 1. The Morgan fingerprint density at radius 2 is 1.80 bits per heavy atom. The lowest BCUT2D eigenvalue weighted by atomic mass is 9.74. The van der Waals surface area contributed by atoms with Crippen LogP contribution in [0, 0.1) is 0 Å². The zero-order chi connectivity index (χ0) is 17.5. The molecule has 1 atom stereocenters. The maximum atomic E-state index is 12.4. The number of rotatable bonds is 5. The third kappa shape index (κ3) is 4.83. The lowest BCUT2D eigenvalue weighted by Crippen LogP contribution is -2.41. The summed E-state index contributed by atoms with van der Waals surface area (Å²) in [5.41, 5.74) is 2.21. The first kappa shape index (κ1) is 18.0. The molecule has 1 heterocycles. The second-order valence-corrected chi connectivity index (χ2v) is 7.13. The number of hydrogen-bond acceptors (Lipinski definition) is 2. The molecule has 3 nitrogen and oxygen atoms in total. The standard InChI is InChI=1S/C21H24ClNO2/c22-19-9-7-17(8-10-19)15-20(24)23-16-21(11-4-13-25-14-12-21)18-5-2-1-3-6-18/h1-3,5-10H,4,11-16H2,(H,23,24)/t21-/m1/s1. The maximum Gasteiger partial charge on any atom is 0.224 e. The van der Waals surface area contributed by atoms with Crippen LogP contribution in [-0.2, 0) is 21.4 Å². The molecule has 2 aromatic carbocycles. The van der Waals surface area contributed by atoms with Crippen molar-refractivity contribution in [1.29, 1.82) is 0 Å². The van der Waals surface area contributed by atoms with Crippen molar-refractivity contribution < 1.29 is 9.53 Å². The van der Waals surface area contributed by atoms with Gasteiger partial charge in [-0.2, -0.15) is 0 Å². The van der Waals surface area contributed by atoms with Crippen LogP contribution in [0.5, 0.6) is 0 Å². The van der Waals surface area contributed by atoms with Crippen LogP contribution in [0.15, 0.2) is 54.6 Å². The largest absolute Gasteiger partial charge is 0.381 e. The molecule has 2 aromatic rings. The van der Waals surface area contributed by atoms with E-state index in [9.17, 15) is 4.79 Å². The van der Waals surface area contributed by atoms with E-state index in [1.54, 1.807) is 0 Å². The highest BCUT2D eigenvalue weighted by atomic mass is 35.5. The van der Waals surface area contributed by atoms with Gasteiger partial charge in [-0.05, 0) is 42.5 Å². The van der Waals surface area contributed by atoms with E-state index in [1.807, 2.05) is 30.3 Å². The van der Waals surface area contributed by atoms with Crippen LogP contribution in [0.25, 0.3) is 0 Å². The first-order chi connectivity index (χ1) is 12.2. The predicted octanol–water partition coefficient (Wildman–Crippen LogP) is 4.14. The van der Waals surface area contributed by atoms with Crippen LogP contribution >= 0.6 is 11.6 Å². The number of ether oxygens (including phenoxy) is 1. The van der Waals surface area contributed by atoms with Gasteiger partial charge in [0.2, 0.25) is 5.91 Å². The molecule has 0 aliphatic carbocycles. The zero-order valence-corrected chi connectivity index (χ0v) is 15.1. The fourth-order valence-electron chi connectivity index (χ4n) is 3.48. The summed E-state index contributed by atoms with van der Waals surface area (Å²) >= 11 is 5.90. The Balaban J connectivity index is 1.68. The quantitative estimate of drug-likeness (QED) is 0.873. The number of benzene rings is 2. The van der Waals surface area contributed by atoms with Gasteiger partial charge in [-0.15, -0.1) is 0 Å². The smallest absolute Gasteiger partial charge is 0.224 e. The fourth-order valence-corrected chi connectivity index (χ4v) is 3.61. The van der Waals surface area contributed by atoms with Gasteiger partial charge in [0.15, 0.2) is 0 Å². The molecule has 1 amide bonds. The fraction of sp³-hybridized carbons (Fsp3) is 0.381. The molecule has 1 fully saturated rings. The Morgan fingerprint density at radius 1 is 1.04 bits per heavy atom. The topological polar surface area (TPSA) is 38.3 Å². The van der Waals surface area contributed by atoms with Crippen molar-refractivity contribution in [1.82, 2.24) is 5.32 Å². The third-order valence-corrected chi connectivity index (χ3v) is 5.21. The van der Waals surface area contributed by atoms with Gasteiger partial charge in [-0.25, -0.2) is 0 Å². The van der Waals surface area contributed by atoms with Gasteiger partial charge in [-0.1, -0.05) is 54.1 Å². The monoisotopic (exact) mass is 357 g/mol. The second-order valence-electron chi connectivity index (χ2n) is 6.69. The molecule has 1 aliphatic heterocycles. The highest BCUT2D eigenvalue weighted by molar-refractivity contribution is 6.30. The SMILES string of the molecule is O=C(Cc1ccc(Cl)cc1)NC[C@@]1(c2ccccc2)CCCOCC1. The molecule has 4 heteroatoms. The van der Waals surface area contributed by atoms with Gasteiger partial charge in [0.1, 0.15) is 0 Å². The molecule has 0 saturated carbocycles. The van der Waals surface area contributed by atoms with E-state index in [0.29, 0.717) is 18.0 Å². The van der Waals surface area contributed by atoms with Crippen LogP contribution in [0.2, 0.25) is 5.02 Å². The van der Waals surface area contributed by atoms with Crippen molar-refractivity contribution in [3.05, 3.63) is 70.7 Å². The first-order valence-electron chi connectivity index (χ1n) is 8.82. The average Bonchev–Trinajstić information content (AvgIpc) is 2.89. The lowest BCUT2D eigenvalue weighted by Gasteiger charge is -2.33. The number of amides is 1. The second kappa shape index (κ2) is 8.50. The van der Waals surface area contributed by atoms with E-state index in [-0.39, 0.29) is 11.3 Å². The Bertz CT molecular complexity index is 677. The van der Waals surface area contributed by atoms with Crippen LogP contribution in [0.3, 0.4) is 0 Å². The number of hydrogen-bond donors (Lipinski definition) is 1. The Labute approximate surface area is 154 Å². The van der Waals surface area contributed by atoms with Crippen molar-refractivity contribution in [2.24, 2.45) is 0 Å². The molecular formula is C21H24ClNO2. The summed E-state index contributed by atoms with van der Waals surface area (Å²) in [5.74, 6) is 0.0443. The molecule has 0 radical (unpaired) electrons. The number of nitrogens with one attached hydrogen (secondary N) is 1. The molecular weight excluding hydrogens is 334 g/mol. The van der Waals surface area contributed by atoms with Gasteiger partial charge >= 0.3 is 0 Å². The van der Waals surface area contributed by atoms with E-state index >= 15 is 0 Å². The molecule has 1 aliphatic rings. The Morgan fingerprint density at radius 3 is 2.56 bits per heavy atom. The van der Waals surface area contributed by atoms with Crippen molar-refractivity contribution in [3.63, 3.8) is 0 Å². The summed E-state index contributed by atoms with van der Waals surface area (Å²) in [4.78, 5) is 12.4. The minimum absolute atomic E-state index is 0.0443. The molecule has 0 unspecified atom stereocenters. The normalized spacial score (nSPS) is 20.7. The molecule has 0 aromatic heterocycles. The summed E-state index contributed by atoms with van der Waals surface area (Å²) in [7, 11) is 0. The van der Waals surface area contributed by atoms with E-state index in [4.69, 9.17) is 16.3 Å². The van der Waals surface area contributed by atoms with Crippen molar-refractivity contribution in [3.8, 4) is 0 Å². The minimum Gasteiger partial charge on any atom is -0.381 e. The van der Waals surface area contributed by atoms with E-state index in [2.05, 4.69) is 29.6 Å². The molecule has 25 heavy (non-hydrogen) atoms. The highest BCUT2D eigenvalue weighted by Crippen LogP contribution is 2.34. The molecule has 0 spiro atoms. The number of carbonyl (C=O) groups excluding carboxylic acids is 1. The molecule has 1 N–H and O–H groups in total. The van der Waals surface area contributed by atoms with E-state index in [1.165, 1.54) is 5.56 Å². The van der Waals surface area contributed by atoms with Crippen molar-refractivity contribution >= 4 is 17.5 Å². The number of carbonyl (C=O) groups is 1. The Hall–Kier alpha value is -1.84. The van der Waals surface area contributed by atoms with Crippen LogP contribution in [0.1, 0.15) is 30.4 Å². The zero-order valence-electron chi connectivity index (χ0n) is 14.3. The highest BCUT2D eigenvalue weighted by Gasteiger charge is 2.33. The summed E-state index contributed by atoms with van der Waals surface area (Å²) in [5, 5.41) is 3.84. The van der Waals surface area contributed by atoms with Gasteiger partial charge in [-0.3, -0.25) is 4.79 Å². The van der Waals surface area contributed by atoms with Crippen molar-refractivity contribution in [2.75, 3.05) is 19.8 Å². The van der Waals surface area contributed by atoms with Gasteiger partial charge in [0.25, 0.3) is 0 Å². The average molecular weight is 358 g/mol. The lowest BCUT2D eigenvalue weighted by molar-refractivity contribution is -0.120. The maximum absolute atomic E-state index is 12.4. The first-order valence-corrected chi connectivity index (χ1v) is 9.20. The summed E-state index contributed by atoms with van der Waals surface area (Å²) in [6, 6.07) is 17.9. The van der Waals surface area contributed by atoms with Crippen LogP contribution in [-0.4, -0.2) is 25.7 Å². The summed E-state index contributed by atoms with van der Waals surface area (Å²) < 4.78 is 5.66. The predicted molar refractivity (Wildman–Crippen MR) is 101 cm³/mol. The van der Waals surface area contributed by atoms with E-state index in [0.717, 1.165) is 38.0 Å². The molecule has 0 bridgehead atoms. The minimum atomic E-state index is -0.0482. The van der Waals surface area contributed by atoms with Gasteiger partial charge in [0, 0.05) is 30.2 Å². The summed E-state index contributed by atoms with van der Waals surface area (Å²) in [6.45, 7) is 2.18. The van der Waals surface area contributed by atoms with E-state index < -0.39 is 0 Å². The van der Waals surface area contributed by atoms with Crippen LogP contribution in [0.4, 0.5) is 0 Å². The van der Waals surface area contributed by atoms with Crippen LogP contribution < -0.4 is 5.32 Å². The third-order valence-electron chi connectivity index (χ3n) is 4.96. The van der Waals surface area contributed by atoms with Gasteiger partial charge < -0.3 is 10.1 Å². The molecule has 132 valence electrons. The summed E-state index contributed by atoms with van der Waals surface area (Å²) in [6.07, 6.45) is 3.34.